The number of hydrogen-bond acceptors (Lipinski definition) is 6. The standard InChI is InChI=1S/C8H17NO5/c9-8(1-3-10,2-4-11)7(13)14-6-5-12/h10-12H,1-6,9H2. The van der Waals surface area contributed by atoms with Crippen LogP contribution in [0.4, 0.5) is 0 Å². The smallest absolute Gasteiger partial charge is 0.326 e. The highest BCUT2D eigenvalue weighted by Gasteiger charge is 2.34. The molecule has 0 spiro atoms. The molecule has 0 aliphatic carbocycles. The molecule has 0 unspecified atom stereocenters. The molecule has 0 atom stereocenters. The number of carbonyl (C=O) groups is 1. The van der Waals surface area contributed by atoms with E-state index in [-0.39, 0.29) is 39.3 Å². The molecule has 0 rings (SSSR count). The van der Waals surface area contributed by atoms with E-state index in [9.17, 15) is 4.79 Å². The van der Waals surface area contributed by atoms with Gasteiger partial charge in [0.15, 0.2) is 0 Å². The molecule has 0 aromatic heterocycles. The number of aliphatic hydroxyl groups is 3. The molecule has 0 fully saturated rings. The SMILES string of the molecule is NC(CCO)(CCO)C(=O)OCCO. The summed E-state index contributed by atoms with van der Waals surface area (Å²) in [4.78, 5) is 11.3. The van der Waals surface area contributed by atoms with Gasteiger partial charge < -0.3 is 25.8 Å². The van der Waals surface area contributed by atoms with Crippen LogP contribution in [-0.4, -0.2) is 53.3 Å². The van der Waals surface area contributed by atoms with Crippen LogP contribution in [0, 0.1) is 0 Å². The van der Waals surface area contributed by atoms with Crippen LogP contribution in [0.15, 0.2) is 0 Å². The average molecular weight is 207 g/mol. The van der Waals surface area contributed by atoms with Crippen molar-refractivity contribution in [3.8, 4) is 0 Å². The van der Waals surface area contributed by atoms with Gasteiger partial charge in [0, 0.05) is 13.2 Å². The second-order valence-corrected chi connectivity index (χ2v) is 2.96. The van der Waals surface area contributed by atoms with Crippen molar-refractivity contribution < 1.29 is 24.9 Å². The lowest BCUT2D eigenvalue weighted by Gasteiger charge is -2.25. The van der Waals surface area contributed by atoms with Crippen molar-refractivity contribution in [1.82, 2.24) is 0 Å². The van der Waals surface area contributed by atoms with E-state index in [0.29, 0.717) is 0 Å². The fourth-order valence-corrected chi connectivity index (χ4v) is 1.01. The summed E-state index contributed by atoms with van der Waals surface area (Å²) in [5, 5.41) is 25.8. The summed E-state index contributed by atoms with van der Waals surface area (Å²) in [6.07, 6.45) is 0.0512. The van der Waals surface area contributed by atoms with Gasteiger partial charge in [0.1, 0.15) is 12.1 Å². The molecule has 0 saturated carbocycles. The highest BCUT2D eigenvalue weighted by atomic mass is 16.5. The summed E-state index contributed by atoms with van der Waals surface area (Å²) in [7, 11) is 0. The minimum atomic E-state index is -1.36. The molecule has 0 radical (unpaired) electrons. The van der Waals surface area contributed by atoms with Gasteiger partial charge in [-0.2, -0.15) is 0 Å². The van der Waals surface area contributed by atoms with Crippen molar-refractivity contribution >= 4 is 5.97 Å². The van der Waals surface area contributed by atoms with E-state index in [0.717, 1.165) is 0 Å². The number of esters is 1. The zero-order valence-electron chi connectivity index (χ0n) is 7.98. The van der Waals surface area contributed by atoms with E-state index in [2.05, 4.69) is 4.74 Å². The van der Waals surface area contributed by atoms with Gasteiger partial charge in [0.05, 0.1) is 6.61 Å². The molecule has 14 heavy (non-hydrogen) atoms. The summed E-state index contributed by atoms with van der Waals surface area (Å²) in [6.45, 7) is -0.926. The van der Waals surface area contributed by atoms with Crippen LogP contribution in [0.2, 0.25) is 0 Å². The molecule has 0 bridgehead atoms. The molecular formula is C8H17NO5. The van der Waals surface area contributed by atoms with E-state index in [1.807, 2.05) is 0 Å². The molecule has 84 valence electrons. The first-order valence-electron chi connectivity index (χ1n) is 4.39. The molecule has 6 heteroatoms. The first kappa shape index (κ1) is 13.3. The van der Waals surface area contributed by atoms with Crippen molar-refractivity contribution in [1.29, 1.82) is 0 Å². The van der Waals surface area contributed by atoms with Crippen LogP contribution < -0.4 is 5.73 Å². The highest BCUT2D eigenvalue weighted by Crippen LogP contribution is 2.13. The van der Waals surface area contributed by atoms with Gasteiger partial charge in [-0.1, -0.05) is 0 Å². The van der Waals surface area contributed by atoms with Crippen molar-refractivity contribution in [3.05, 3.63) is 0 Å². The van der Waals surface area contributed by atoms with Crippen LogP contribution >= 0.6 is 0 Å². The predicted octanol–water partition coefficient (Wildman–Crippen LogP) is -2.02. The number of carbonyl (C=O) groups excluding carboxylic acids is 1. The van der Waals surface area contributed by atoms with E-state index in [1.54, 1.807) is 0 Å². The Kier molecular flexibility index (Phi) is 6.39. The van der Waals surface area contributed by atoms with Gasteiger partial charge in [-0.05, 0) is 12.8 Å². The molecule has 0 heterocycles. The largest absolute Gasteiger partial charge is 0.462 e. The van der Waals surface area contributed by atoms with Crippen molar-refractivity contribution in [2.45, 2.75) is 18.4 Å². The summed E-state index contributed by atoms with van der Waals surface area (Å²) in [6, 6.07) is 0. The van der Waals surface area contributed by atoms with Gasteiger partial charge in [0.2, 0.25) is 0 Å². The van der Waals surface area contributed by atoms with Gasteiger partial charge in [-0.3, -0.25) is 4.79 Å². The third-order valence-corrected chi connectivity index (χ3v) is 1.85. The summed E-state index contributed by atoms with van der Waals surface area (Å²) in [5.41, 5.74) is 4.26. The van der Waals surface area contributed by atoms with Crippen molar-refractivity contribution in [2.24, 2.45) is 5.73 Å². The van der Waals surface area contributed by atoms with Gasteiger partial charge in [0.25, 0.3) is 0 Å². The quantitative estimate of drug-likeness (QED) is 0.359. The lowest BCUT2D eigenvalue weighted by atomic mass is 9.93. The third-order valence-electron chi connectivity index (χ3n) is 1.85. The van der Waals surface area contributed by atoms with E-state index in [1.165, 1.54) is 0 Å². The molecule has 0 aromatic carbocycles. The maximum Gasteiger partial charge on any atom is 0.326 e. The van der Waals surface area contributed by atoms with Crippen molar-refractivity contribution in [3.63, 3.8) is 0 Å². The number of aliphatic hydroxyl groups excluding tert-OH is 3. The predicted molar refractivity (Wildman–Crippen MR) is 48.4 cm³/mol. The topological polar surface area (TPSA) is 113 Å². The van der Waals surface area contributed by atoms with Crippen LogP contribution in [0.3, 0.4) is 0 Å². The maximum absolute atomic E-state index is 11.3. The summed E-state index contributed by atoms with van der Waals surface area (Å²) < 4.78 is 4.63. The summed E-state index contributed by atoms with van der Waals surface area (Å²) >= 11 is 0. The molecule has 0 aliphatic heterocycles. The second kappa shape index (κ2) is 6.72. The lowest BCUT2D eigenvalue weighted by molar-refractivity contribution is -0.152. The number of hydrogen-bond donors (Lipinski definition) is 4. The fraction of sp³-hybridized carbons (Fsp3) is 0.875. The van der Waals surface area contributed by atoms with Gasteiger partial charge in [-0.25, -0.2) is 0 Å². The zero-order chi connectivity index (χ0) is 11.0. The Bertz CT molecular complexity index is 167. The van der Waals surface area contributed by atoms with Crippen molar-refractivity contribution in [2.75, 3.05) is 26.4 Å². The number of ether oxygens (including phenoxy) is 1. The Morgan fingerprint density at radius 2 is 1.64 bits per heavy atom. The Hall–Kier alpha value is -0.690. The minimum Gasteiger partial charge on any atom is -0.462 e. The van der Waals surface area contributed by atoms with E-state index < -0.39 is 11.5 Å². The molecular weight excluding hydrogens is 190 g/mol. The van der Waals surface area contributed by atoms with E-state index in [4.69, 9.17) is 21.1 Å². The Balaban J connectivity index is 4.23. The molecule has 0 aliphatic rings. The van der Waals surface area contributed by atoms with Gasteiger partial charge in [-0.15, -0.1) is 0 Å². The normalized spacial score (nSPS) is 11.4. The van der Waals surface area contributed by atoms with E-state index >= 15 is 0 Å². The Morgan fingerprint density at radius 3 is 2.00 bits per heavy atom. The molecule has 6 nitrogen and oxygen atoms in total. The first-order valence-corrected chi connectivity index (χ1v) is 4.39. The minimum absolute atomic E-state index is 0.0256. The highest BCUT2D eigenvalue weighted by molar-refractivity contribution is 5.80. The van der Waals surface area contributed by atoms with Crippen LogP contribution in [0.25, 0.3) is 0 Å². The summed E-state index contributed by atoms with van der Waals surface area (Å²) in [5.74, 6) is -0.713. The molecule has 5 N–H and O–H groups in total. The van der Waals surface area contributed by atoms with Crippen LogP contribution in [0.1, 0.15) is 12.8 Å². The maximum atomic E-state index is 11.3. The Labute approximate surface area is 82.3 Å². The first-order chi connectivity index (χ1) is 6.60. The second-order valence-electron chi connectivity index (χ2n) is 2.96. The van der Waals surface area contributed by atoms with Gasteiger partial charge >= 0.3 is 5.97 Å². The lowest BCUT2D eigenvalue weighted by Crippen LogP contribution is -2.50. The third kappa shape index (κ3) is 4.01. The molecule has 0 amide bonds. The monoisotopic (exact) mass is 207 g/mol. The number of nitrogens with two attached hydrogens (primary N) is 1. The van der Waals surface area contributed by atoms with Crippen LogP contribution in [-0.2, 0) is 9.53 Å². The Morgan fingerprint density at radius 1 is 1.14 bits per heavy atom. The number of rotatable bonds is 7. The molecule has 0 aromatic rings. The van der Waals surface area contributed by atoms with Crippen LogP contribution in [0.5, 0.6) is 0 Å². The zero-order valence-corrected chi connectivity index (χ0v) is 7.98. The average Bonchev–Trinajstić information content (AvgIpc) is 2.15. The molecule has 0 saturated heterocycles. The fourth-order valence-electron chi connectivity index (χ4n) is 1.01.